The van der Waals surface area contributed by atoms with E-state index in [9.17, 15) is 4.79 Å². The second kappa shape index (κ2) is 4.42. The van der Waals surface area contributed by atoms with Crippen molar-refractivity contribution in [2.24, 2.45) is 0 Å². The molecule has 0 amide bonds. The molecule has 2 aromatic rings. The van der Waals surface area contributed by atoms with Crippen LogP contribution in [0.15, 0.2) is 10.9 Å². The maximum atomic E-state index is 12.4. The van der Waals surface area contributed by atoms with Gasteiger partial charge in [0.1, 0.15) is 0 Å². The first-order valence-electron chi connectivity index (χ1n) is 5.38. The molecule has 3 nitrogen and oxygen atoms in total. The topological polar surface area (TPSA) is 42.1 Å². The van der Waals surface area contributed by atoms with Crippen LogP contribution in [-0.4, -0.2) is 11.6 Å². The molecule has 1 aromatic carbocycles. The third-order valence-electron chi connectivity index (χ3n) is 3.06. The molecule has 0 aliphatic carbocycles. The summed E-state index contributed by atoms with van der Waals surface area (Å²) in [5.41, 5.74) is 1.84. The lowest BCUT2D eigenvalue weighted by atomic mass is 10.1. The van der Waals surface area contributed by atoms with Gasteiger partial charge in [-0.3, -0.25) is 4.79 Å². The van der Waals surface area contributed by atoms with Gasteiger partial charge in [0.15, 0.2) is 5.43 Å². The molecule has 0 fully saturated rings. The number of hydrogen-bond acceptors (Lipinski definition) is 2. The molecule has 3 rings (SSSR count). The second-order valence-corrected chi connectivity index (χ2v) is 5.31. The van der Waals surface area contributed by atoms with Crippen molar-refractivity contribution < 1.29 is 4.74 Å². The fraction of sp³-hybridized carbons (Fsp3) is 0.250. The molecule has 0 atom stereocenters. The number of nitrogens with one attached hydrogen (secondary N) is 1. The highest BCUT2D eigenvalue weighted by Crippen LogP contribution is 2.34. The third-order valence-corrected chi connectivity index (χ3v) is 4.14. The SMILES string of the molecule is O=c1c2c([nH]c3c(Cl)cc(Cl)c(Cl)c13)CCOC2. The summed E-state index contributed by atoms with van der Waals surface area (Å²) < 4.78 is 5.30. The van der Waals surface area contributed by atoms with Crippen molar-refractivity contribution in [3.63, 3.8) is 0 Å². The number of halogens is 3. The average Bonchev–Trinajstić information content (AvgIpc) is 2.36. The van der Waals surface area contributed by atoms with Gasteiger partial charge in [-0.1, -0.05) is 34.8 Å². The van der Waals surface area contributed by atoms with E-state index in [-0.39, 0.29) is 15.5 Å². The van der Waals surface area contributed by atoms with Crippen molar-refractivity contribution in [2.75, 3.05) is 6.61 Å². The van der Waals surface area contributed by atoms with Crippen LogP contribution in [0.1, 0.15) is 11.3 Å². The molecule has 1 N–H and O–H groups in total. The Morgan fingerprint density at radius 2 is 2.00 bits per heavy atom. The zero-order chi connectivity index (χ0) is 12.9. The van der Waals surface area contributed by atoms with Crippen LogP contribution < -0.4 is 5.43 Å². The summed E-state index contributed by atoms with van der Waals surface area (Å²) in [6, 6.07) is 1.54. The summed E-state index contributed by atoms with van der Waals surface area (Å²) in [6.07, 6.45) is 0.664. The molecule has 94 valence electrons. The van der Waals surface area contributed by atoms with Crippen molar-refractivity contribution in [1.29, 1.82) is 0 Å². The summed E-state index contributed by atoms with van der Waals surface area (Å²) in [5.74, 6) is 0. The highest BCUT2D eigenvalue weighted by atomic mass is 35.5. The highest BCUT2D eigenvalue weighted by Gasteiger charge is 2.20. The van der Waals surface area contributed by atoms with Gasteiger partial charge >= 0.3 is 0 Å². The highest BCUT2D eigenvalue weighted by molar-refractivity contribution is 6.47. The Morgan fingerprint density at radius 1 is 1.22 bits per heavy atom. The Labute approximate surface area is 118 Å². The van der Waals surface area contributed by atoms with Crippen molar-refractivity contribution in [3.05, 3.63) is 42.6 Å². The Bertz CT molecular complexity index is 709. The number of fused-ring (bicyclic) bond motifs is 2. The molecule has 0 spiro atoms. The zero-order valence-corrected chi connectivity index (χ0v) is 11.4. The Balaban J connectivity index is 2.50. The number of aromatic amines is 1. The van der Waals surface area contributed by atoms with E-state index >= 15 is 0 Å². The van der Waals surface area contributed by atoms with E-state index in [2.05, 4.69) is 4.98 Å². The molecule has 1 aromatic heterocycles. The third kappa shape index (κ3) is 1.74. The number of rotatable bonds is 0. The molecule has 0 saturated heterocycles. The standard InChI is InChI=1S/C12H8Cl3NO2/c13-6-3-7(14)11-9(10(6)15)12(17)5-4-18-2-1-8(5)16-11/h3H,1-2,4H2,(H,16,17). The van der Waals surface area contributed by atoms with Gasteiger partial charge in [0, 0.05) is 17.7 Å². The lowest BCUT2D eigenvalue weighted by Gasteiger charge is -2.17. The number of hydrogen-bond donors (Lipinski definition) is 1. The number of benzene rings is 1. The predicted molar refractivity (Wildman–Crippen MR) is 73.0 cm³/mol. The van der Waals surface area contributed by atoms with Gasteiger partial charge in [-0.05, 0) is 6.07 Å². The van der Waals surface area contributed by atoms with E-state index in [4.69, 9.17) is 39.5 Å². The molecular weight excluding hydrogens is 296 g/mol. The smallest absolute Gasteiger partial charge is 0.196 e. The van der Waals surface area contributed by atoms with E-state index in [0.29, 0.717) is 41.1 Å². The maximum Gasteiger partial charge on any atom is 0.196 e. The van der Waals surface area contributed by atoms with Crippen LogP contribution in [0.4, 0.5) is 0 Å². The number of ether oxygens (including phenoxy) is 1. The summed E-state index contributed by atoms with van der Waals surface area (Å²) in [6.45, 7) is 0.883. The lowest BCUT2D eigenvalue weighted by Crippen LogP contribution is -2.22. The summed E-state index contributed by atoms with van der Waals surface area (Å²) in [4.78, 5) is 15.6. The zero-order valence-electron chi connectivity index (χ0n) is 9.15. The monoisotopic (exact) mass is 303 g/mol. The fourth-order valence-electron chi connectivity index (χ4n) is 2.16. The van der Waals surface area contributed by atoms with Gasteiger partial charge in [0.25, 0.3) is 0 Å². The molecule has 0 unspecified atom stereocenters. The maximum absolute atomic E-state index is 12.4. The largest absolute Gasteiger partial charge is 0.376 e. The minimum absolute atomic E-state index is 0.159. The minimum atomic E-state index is -0.159. The first-order valence-corrected chi connectivity index (χ1v) is 6.52. The van der Waals surface area contributed by atoms with Gasteiger partial charge < -0.3 is 9.72 Å². The van der Waals surface area contributed by atoms with Crippen molar-refractivity contribution >= 4 is 45.7 Å². The van der Waals surface area contributed by atoms with Gasteiger partial charge in [-0.25, -0.2) is 0 Å². The van der Waals surface area contributed by atoms with Gasteiger partial charge in [-0.15, -0.1) is 0 Å². The number of aromatic nitrogens is 1. The van der Waals surface area contributed by atoms with Crippen molar-refractivity contribution in [1.82, 2.24) is 4.98 Å². The van der Waals surface area contributed by atoms with E-state index in [1.165, 1.54) is 6.07 Å². The molecule has 0 saturated carbocycles. The van der Waals surface area contributed by atoms with Crippen LogP contribution in [-0.2, 0) is 17.8 Å². The molecule has 18 heavy (non-hydrogen) atoms. The normalized spacial score (nSPS) is 14.8. The summed E-state index contributed by atoms with van der Waals surface area (Å²) >= 11 is 18.1. The first kappa shape index (κ1) is 12.3. The first-order chi connectivity index (χ1) is 8.59. The van der Waals surface area contributed by atoms with Crippen LogP contribution >= 0.6 is 34.8 Å². The van der Waals surface area contributed by atoms with Crippen LogP contribution in [0.3, 0.4) is 0 Å². The fourth-order valence-corrected chi connectivity index (χ4v) is 2.90. The van der Waals surface area contributed by atoms with Crippen LogP contribution in [0.5, 0.6) is 0 Å². The van der Waals surface area contributed by atoms with Crippen LogP contribution in [0.25, 0.3) is 10.9 Å². The Kier molecular flexibility index (Phi) is 3.02. The Morgan fingerprint density at radius 3 is 2.78 bits per heavy atom. The molecule has 1 aliphatic heterocycles. The van der Waals surface area contributed by atoms with Crippen molar-refractivity contribution in [3.8, 4) is 0 Å². The lowest BCUT2D eigenvalue weighted by molar-refractivity contribution is 0.109. The molecule has 0 radical (unpaired) electrons. The van der Waals surface area contributed by atoms with E-state index < -0.39 is 0 Å². The molecular formula is C12H8Cl3NO2. The van der Waals surface area contributed by atoms with Crippen LogP contribution in [0.2, 0.25) is 15.1 Å². The molecule has 6 heteroatoms. The number of pyridine rings is 1. The quantitative estimate of drug-likeness (QED) is 0.756. The molecule has 2 heterocycles. The number of H-pyrrole nitrogens is 1. The van der Waals surface area contributed by atoms with E-state index in [0.717, 1.165) is 5.69 Å². The predicted octanol–water partition coefficient (Wildman–Crippen LogP) is 3.56. The van der Waals surface area contributed by atoms with E-state index in [1.54, 1.807) is 0 Å². The van der Waals surface area contributed by atoms with E-state index in [1.807, 2.05) is 0 Å². The minimum Gasteiger partial charge on any atom is -0.376 e. The second-order valence-electron chi connectivity index (χ2n) is 4.12. The van der Waals surface area contributed by atoms with Gasteiger partial charge in [0.2, 0.25) is 0 Å². The summed E-state index contributed by atoms with van der Waals surface area (Å²) in [5, 5.41) is 1.23. The van der Waals surface area contributed by atoms with Crippen molar-refractivity contribution in [2.45, 2.75) is 13.0 Å². The van der Waals surface area contributed by atoms with Gasteiger partial charge in [0.05, 0.1) is 39.2 Å². The molecule has 1 aliphatic rings. The van der Waals surface area contributed by atoms with Crippen LogP contribution in [0, 0.1) is 0 Å². The van der Waals surface area contributed by atoms with Gasteiger partial charge in [-0.2, -0.15) is 0 Å². The summed E-state index contributed by atoms with van der Waals surface area (Å²) in [7, 11) is 0. The molecule has 0 bridgehead atoms. The Hall–Kier alpha value is -0.740. The average molecular weight is 305 g/mol.